The summed E-state index contributed by atoms with van der Waals surface area (Å²) in [5.74, 6) is 0.297. The average Bonchev–Trinajstić information content (AvgIpc) is 3.22. The molecule has 0 aliphatic heterocycles. The van der Waals surface area contributed by atoms with Gasteiger partial charge in [0.2, 0.25) is 5.89 Å². The number of benzene rings is 2. The van der Waals surface area contributed by atoms with Crippen molar-refractivity contribution in [3.8, 4) is 0 Å². The first-order chi connectivity index (χ1) is 14.5. The van der Waals surface area contributed by atoms with Crippen LogP contribution in [0.1, 0.15) is 60.7 Å². The maximum atomic E-state index is 12.3. The summed E-state index contributed by atoms with van der Waals surface area (Å²) >= 11 is 6.18. The predicted molar refractivity (Wildman–Crippen MR) is 119 cm³/mol. The van der Waals surface area contributed by atoms with Crippen molar-refractivity contribution in [3.05, 3.63) is 88.6 Å². The molecule has 0 unspecified atom stereocenters. The normalized spacial score (nSPS) is 13.2. The van der Waals surface area contributed by atoms with Gasteiger partial charge < -0.3 is 9.73 Å². The Morgan fingerprint density at radius 1 is 1.13 bits per heavy atom. The van der Waals surface area contributed by atoms with Crippen LogP contribution in [-0.4, -0.2) is 21.8 Å². The van der Waals surface area contributed by atoms with Crippen LogP contribution in [-0.2, 0) is 13.1 Å². The van der Waals surface area contributed by atoms with Crippen LogP contribution >= 0.6 is 11.6 Å². The molecule has 6 heteroatoms. The van der Waals surface area contributed by atoms with Gasteiger partial charge in [0.25, 0.3) is 5.91 Å². The molecule has 0 bridgehead atoms. The molecular formula is C24H28ClN3O2. The van der Waals surface area contributed by atoms with Crippen molar-refractivity contribution >= 4 is 17.5 Å². The fourth-order valence-electron chi connectivity index (χ4n) is 3.20. The number of carbonyl (C=O) groups is 1. The quantitative estimate of drug-likeness (QED) is 0.483. The molecule has 1 amide bonds. The number of nitrogens with zero attached hydrogens (tertiary/aromatic N) is 2. The van der Waals surface area contributed by atoms with Crippen molar-refractivity contribution in [1.82, 2.24) is 15.2 Å². The van der Waals surface area contributed by atoms with Crippen LogP contribution in [0.15, 0.2) is 65.3 Å². The topological polar surface area (TPSA) is 58.4 Å². The summed E-state index contributed by atoms with van der Waals surface area (Å²) in [6.07, 6.45) is 2.29. The Morgan fingerprint density at radius 2 is 1.90 bits per heavy atom. The molecule has 30 heavy (non-hydrogen) atoms. The van der Waals surface area contributed by atoms with Gasteiger partial charge in [-0.05, 0) is 43.5 Å². The number of oxazole rings is 1. The Hall–Kier alpha value is -2.63. The minimum absolute atomic E-state index is 0.0927. The average molecular weight is 426 g/mol. The zero-order valence-corrected chi connectivity index (χ0v) is 18.4. The highest BCUT2D eigenvalue weighted by Crippen LogP contribution is 2.25. The highest BCUT2D eigenvalue weighted by molar-refractivity contribution is 6.30. The van der Waals surface area contributed by atoms with E-state index >= 15 is 0 Å². The number of halogens is 1. The summed E-state index contributed by atoms with van der Waals surface area (Å²) in [6, 6.07) is 18.3. The van der Waals surface area contributed by atoms with E-state index in [1.807, 2.05) is 50.2 Å². The van der Waals surface area contributed by atoms with E-state index in [0.29, 0.717) is 29.7 Å². The molecule has 0 aliphatic rings. The summed E-state index contributed by atoms with van der Waals surface area (Å²) in [7, 11) is 0. The van der Waals surface area contributed by atoms with Gasteiger partial charge in [-0.2, -0.15) is 0 Å². The summed E-state index contributed by atoms with van der Waals surface area (Å²) < 4.78 is 5.64. The fraction of sp³-hybridized carbons (Fsp3) is 0.333. The first-order valence-corrected chi connectivity index (χ1v) is 10.6. The van der Waals surface area contributed by atoms with E-state index in [9.17, 15) is 4.79 Å². The summed E-state index contributed by atoms with van der Waals surface area (Å²) in [5, 5.41) is 3.63. The smallest absolute Gasteiger partial charge is 0.273 e. The zero-order chi connectivity index (χ0) is 21.5. The molecule has 5 nitrogen and oxygen atoms in total. The monoisotopic (exact) mass is 425 g/mol. The van der Waals surface area contributed by atoms with E-state index in [-0.39, 0.29) is 18.0 Å². The molecule has 1 aromatic heterocycles. The number of rotatable bonds is 9. The third-order valence-electron chi connectivity index (χ3n) is 5.22. The van der Waals surface area contributed by atoms with E-state index in [2.05, 4.69) is 40.3 Å². The molecule has 3 rings (SSSR count). The molecule has 158 valence electrons. The molecule has 1 N–H and O–H groups in total. The molecule has 0 radical (unpaired) electrons. The van der Waals surface area contributed by atoms with Crippen molar-refractivity contribution in [2.75, 3.05) is 0 Å². The lowest BCUT2D eigenvalue weighted by atomic mass is 10.1. The molecule has 0 aliphatic carbocycles. The first kappa shape index (κ1) is 22.1. The predicted octanol–water partition coefficient (Wildman–Crippen LogP) is 5.62. The van der Waals surface area contributed by atoms with E-state index < -0.39 is 0 Å². The lowest BCUT2D eigenvalue weighted by molar-refractivity contribution is 0.0934. The SMILES string of the molecule is CC[C@H](C)NC(=O)c1coc(CN(Cc2cccc(Cl)c2)[C@H](C)c2ccccc2)n1. The summed E-state index contributed by atoms with van der Waals surface area (Å²) in [6.45, 7) is 7.29. The summed E-state index contributed by atoms with van der Waals surface area (Å²) in [5.41, 5.74) is 2.60. The van der Waals surface area contributed by atoms with Gasteiger partial charge in [0.1, 0.15) is 6.26 Å². The largest absolute Gasteiger partial charge is 0.447 e. The molecule has 2 atom stereocenters. The number of hydrogen-bond donors (Lipinski definition) is 1. The minimum Gasteiger partial charge on any atom is -0.447 e. The van der Waals surface area contributed by atoms with Gasteiger partial charge in [-0.25, -0.2) is 4.98 Å². The molecule has 0 fully saturated rings. The third kappa shape index (κ3) is 5.94. The molecule has 3 aromatic rings. The molecule has 0 saturated heterocycles. The Morgan fingerprint density at radius 3 is 2.60 bits per heavy atom. The maximum absolute atomic E-state index is 12.3. The molecule has 0 saturated carbocycles. The van der Waals surface area contributed by atoms with Crippen molar-refractivity contribution in [1.29, 1.82) is 0 Å². The van der Waals surface area contributed by atoms with Crippen LogP contribution in [0.5, 0.6) is 0 Å². The second kappa shape index (κ2) is 10.4. The van der Waals surface area contributed by atoms with Gasteiger partial charge >= 0.3 is 0 Å². The lowest BCUT2D eigenvalue weighted by Gasteiger charge is -2.28. The van der Waals surface area contributed by atoms with Crippen LogP contribution in [0.4, 0.5) is 0 Å². The molecular weight excluding hydrogens is 398 g/mol. The van der Waals surface area contributed by atoms with Crippen LogP contribution in [0.25, 0.3) is 0 Å². The fourth-order valence-corrected chi connectivity index (χ4v) is 3.42. The number of hydrogen-bond acceptors (Lipinski definition) is 4. The third-order valence-corrected chi connectivity index (χ3v) is 5.45. The Balaban J connectivity index is 1.79. The number of amides is 1. The molecule has 1 heterocycles. The van der Waals surface area contributed by atoms with E-state index in [1.54, 1.807) is 0 Å². The number of aromatic nitrogens is 1. The van der Waals surface area contributed by atoms with Gasteiger partial charge in [0.05, 0.1) is 6.54 Å². The maximum Gasteiger partial charge on any atom is 0.273 e. The van der Waals surface area contributed by atoms with Gasteiger partial charge in [-0.3, -0.25) is 9.69 Å². The van der Waals surface area contributed by atoms with E-state index in [1.165, 1.54) is 11.8 Å². The van der Waals surface area contributed by atoms with Gasteiger partial charge in [-0.1, -0.05) is 61.0 Å². The van der Waals surface area contributed by atoms with Crippen molar-refractivity contribution in [2.24, 2.45) is 0 Å². The summed E-state index contributed by atoms with van der Waals surface area (Å²) in [4.78, 5) is 19.0. The minimum atomic E-state index is -0.211. The number of carbonyl (C=O) groups excluding carboxylic acids is 1. The highest BCUT2D eigenvalue weighted by atomic mass is 35.5. The van der Waals surface area contributed by atoms with E-state index in [4.69, 9.17) is 16.0 Å². The molecule has 0 spiro atoms. The lowest BCUT2D eigenvalue weighted by Crippen LogP contribution is -2.32. The number of nitrogens with one attached hydrogen (secondary N) is 1. The second-order valence-corrected chi connectivity index (χ2v) is 7.97. The van der Waals surface area contributed by atoms with Gasteiger partial charge in [0, 0.05) is 23.7 Å². The van der Waals surface area contributed by atoms with Crippen LogP contribution < -0.4 is 5.32 Å². The van der Waals surface area contributed by atoms with Gasteiger partial charge in [-0.15, -0.1) is 0 Å². The molecule has 2 aromatic carbocycles. The second-order valence-electron chi connectivity index (χ2n) is 7.53. The Kier molecular flexibility index (Phi) is 7.66. The van der Waals surface area contributed by atoms with Crippen LogP contribution in [0.2, 0.25) is 5.02 Å². The van der Waals surface area contributed by atoms with Crippen molar-refractivity contribution < 1.29 is 9.21 Å². The van der Waals surface area contributed by atoms with Crippen LogP contribution in [0, 0.1) is 0 Å². The zero-order valence-electron chi connectivity index (χ0n) is 17.6. The van der Waals surface area contributed by atoms with E-state index in [0.717, 1.165) is 12.0 Å². The first-order valence-electron chi connectivity index (χ1n) is 10.2. The highest BCUT2D eigenvalue weighted by Gasteiger charge is 2.21. The van der Waals surface area contributed by atoms with Crippen molar-refractivity contribution in [2.45, 2.75) is 52.4 Å². The van der Waals surface area contributed by atoms with Gasteiger partial charge in [0.15, 0.2) is 5.69 Å². The van der Waals surface area contributed by atoms with Crippen molar-refractivity contribution in [3.63, 3.8) is 0 Å². The standard InChI is InChI=1S/C24H28ClN3O2/c1-4-17(2)26-24(29)22-16-30-23(27-22)15-28(14-19-9-8-12-21(25)13-19)18(3)20-10-6-5-7-11-20/h5-13,16-18H,4,14-15H2,1-3H3,(H,26,29)/t17-,18+/m0/s1. The Bertz CT molecular complexity index is 958. The Labute approximate surface area is 183 Å². The van der Waals surface area contributed by atoms with Crippen LogP contribution in [0.3, 0.4) is 0 Å².